The number of nitro groups is 1. The third kappa shape index (κ3) is 9.23. The number of carbonyl (C=O) groups excluding carboxylic acids is 2. The molecule has 8 atom stereocenters. The molecule has 54 heavy (non-hydrogen) atoms. The van der Waals surface area contributed by atoms with Crippen LogP contribution in [0.1, 0.15) is 125 Å². The number of nitrogens with one attached hydrogen (secondary N) is 2. The van der Waals surface area contributed by atoms with E-state index in [2.05, 4.69) is 51.3 Å². The highest BCUT2D eigenvalue weighted by Gasteiger charge is 2.59. The van der Waals surface area contributed by atoms with Gasteiger partial charge in [0, 0.05) is 57.2 Å². The number of nitrogens with zero attached hydrogens (tertiary/aromatic N) is 2. The lowest BCUT2D eigenvalue weighted by Crippen LogP contribution is -2.53. The fraction of sp³-hybridized carbons (Fsp3) is 0.762. The zero-order valence-electron chi connectivity index (χ0n) is 33.5. The third-order valence-electron chi connectivity index (χ3n) is 14.3. The molecule has 1 aromatic carbocycles. The van der Waals surface area contributed by atoms with Gasteiger partial charge in [-0.2, -0.15) is 4.31 Å². The molecule has 11 nitrogen and oxygen atoms in total. The second kappa shape index (κ2) is 18.0. The van der Waals surface area contributed by atoms with Crippen molar-refractivity contribution < 1.29 is 22.9 Å². The number of allylic oxidation sites excluding steroid dienone is 1. The number of sulfonamides is 1. The van der Waals surface area contributed by atoms with Crippen LogP contribution in [0.3, 0.4) is 0 Å². The number of fused-ring (bicyclic) bond motifs is 5. The number of amides is 2. The summed E-state index contributed by atoms with van der Waals surface area (Å²) in [6.45, 7) is 13.2. The van der Waals surface area contributed by atoms with Crippen LogP contribution in [-0.2, 0) is 19.6 Å². The number of non-ortho nitro benzene ring substituents is 1. The molecule has 0 heterocycles. The summed E-state index contributed by atoms with van der Waals surface area (Å²) in [5, 5.41) is 16.9. The molecule has 12 heteroatoms. The van der Waals surface area contributed by atoms with Crippen molar-refractivity contribution in [1.82, 2.24) is 14.9 Å². The summed E-state index contributed by atoms with van der Waals surface area (Å²) < 4.78 is 30.2. The molecule has 0 radical (unpaired) electrons. The Labute approximate surface area is 324 Å². The van der Waals surface area contributed by atoms with E-state index in [9.17, 15) is 28.1 Å². The summed E-state index contributed by atoms with van der Waals surface area (Å²) in [6, 6.07) is 4.91. The molecule has 2 amide bonds. The zero-order valence-corrected chi connectivity index (χ0v) is 34.3. The van der Waals surface area contributed by atoms with Crippen LogP contribution in [0.2, 0.25) is 0 Å². The fourth-order valence-corrected chi connectivity index (χ4v) is 13.1. The summed E-state index contributed by atoms with van der Waals surface area (Å²) >= 11 is 0. The quantitative estimate of drug-likeness (QED) is 0.0608. The maximum atomic E-state index is 14.3. The normalized spacial score (nSPS) is 29.9. The molecule has 0 aromatic heterocycles. The van der Waals surface area contributed by atoms with E-state index < -0.39 is 14.9 Å². The Hall–Kier alpha value is -2.83. The van der Waals surface area contributed by atoms with Crippen LogP contribution >= 0.6 is 0 Å². The lowest BCUT2D eigenvalue weighted by Gasteiger charge is -2.59. The Kier molecular flexibility index (Phi) is 14.1. The lowest BCUT2D eigenvalue weighted by molar-refractivity contribution is -0.384. The van der Waals surface area contributed by atoms with E-state index in [1.54, 1.807) is 4.31 Å². The first kappa shape index (κ1) is 42.3. The Morgan fingerprint density at radius 2 is 1.65 bits per heavy atom. The minimum Gasteiger partial charge on any atom is -0.356 e. The highest BCUT2D eigenvalue weighted by atomic mass is 32.2. The molecule has 3 saturated carbocycles. The fourth-order valence-electron chi connectivity index (χ4n) is 11.4. The monoisotopic (exact) mass is 769 g/mol. The molecular formula is C42H67N5O6S. The van der Waals surface area contributed by atoms with Gasteiger partial charge >= 0.3 is 0 Å². The number of nitro benzene ring substituents is 1. The van der Waals surface area contributed by atoms with Crippen molar-refractivity contribution in [3.05, 3.63) is 46.0 Å². The Balaban J connectivity index is 1.28. The van der Waals surface area contributed by atoms with Gasteiger partial charge in [-0.25, -0.2) is 8.42 Å². The molecule has 0 saturated heterocycles. The van der Waals surface area contributed by atoms with Crippen LogP contribution in [0, 0.1) is 56.5 Å². The first-order chi connectivity index (χ1) is 25.6. The predicted octanol–water partition coefficient (Wildman–Crippen LogP) is 7.36. The van der Waals surface area contributed by atoms with E-state index in [1.807, 2.05) is 0 Å². The van der Waals surface area contributed by atoms with Crippen LogP contribution in [0.4, 0.5) is 5.69 Å². The summed E-state index contributed by atoms with van der Waals surface area (Å²) in [5.74, 6) is 3.95. The van der Waals surface area contributed by atoms with Crippen molar-refractivity contribution in [1.29, 1.82) is 0 Å². The van der Waals surface area contributed by atoms with Crippen LogP contribution in [0.5, 0.6) is 0 Å². The van der Waals surface area contributed by atoms with E-state index in [1.165, 1.54) is 74.8 Å². The van der Waals surface area contributed by atoms with Crippen LogP contribution < -0.4 is 16.4 Å². The van der Waals surface area contributed by atoms with Crippen LogP contribution in [0.15, 0.2) is 40.8 Å². The lowest BCUT2D eigenvalue weighted by atomic mass is 9.47. The van der Waals surface area contributed by atoms with Crippen LogP contribution in [0.25, 0.3) is 0 Å². The first-order valence-electron chi connectivity index (χ1n) is 20.8. The van der Waals surface area contributed by atoms with Gasteiger partial charge in [0.05, 0.1) is 9.82 Å². The maximum absolute atomic E-state index is 14.3. The molecular weight excluding hydrogens is 703 g/mol. The highest BCUT2D eigenvalue weighted by molar-refractivity contribution is 7.89. The Morgan fingerprint density at radius 1 is 0.944 bits per heavy atom. The molecule has 0 bridgehead atoms. The van der Waals surface area contributed by atoms with E-state index in [4.69, 9.17) is 5.73 Å². The zero-order chi connectivity index (χ0) is 39.3. The second-order valence-electron chi connectivity index (χ2n) is 17.9. The Morgan fingerprint density at radius 3 is 2.33 bits per heavy atom. The highest BCUT2D eigenvalue weighted by Crippen LogP contribution is 2.67. The number of carbonyl (C=O) groups is 2. The van der Waals surface area contributed by atoms with Crippen molar-refractivity contribution in [2.75, 3.05) is 26.2 Å². The average molecular weight is 770 g/mol. The second-order valence-corrected chi connectivity index (χ2v) is 19.8. The summed E-state index contributed by atoms with van der Waals surface area (Å²) in [7, 11) is -3.99. The largest absolute Gasteiger partial charge is 0.356 e. The SMILES string of the molecule is CC(C)CCC[C@@H](C)[C@H]1CC[C@H]2[C@@H]3CC=C4C[C@@H](N(CCCNC(=O)CCNC(=O)CCN)S(=O)(=O)c5ccc([N+](=O)[O-])cc5)CC[C@]4(C)[C@H]3CC[C@]12C. The molecule has 4 aliphatic rings. The minimum absolute atomic E-state index is 0.0390. The molecule has 0 spiro atoms. The summed E-state index contributed by atoms with van der Waals surface area (Å²) in [6.07, 6.45) is 15.9. The first-order valence-corrected chi connectivity index (χ1v) is 22.2. The van der Waals surface area contributed by atoms with Gasteiger partial charge in [-0.05, 0) is 116 Å². The molecule has 0 aliphatic heterocycles. The van der Waals surface area contributed by atoms with E-state index in [0.29, 0.717) is 30.1 Å². The smallest absolute Gasteiger partial charge is 0.269 e. The van der Waals surface area contributed by atoms with Crippen molar-refractivity contribution in [2.24, 2.45) is 52.1 Å². The molecule has 1 aromatic rings. The third-order valence-corrected chi connectivity index (χ3v) is 16.2. The summed E-state index contributed by atoms with van der Waals surface area (Å²) in [5.41, 5.74) is 7.10. The van der Waals surface area contributed by atoms with Crippen molar-refractivity contribution in [3.8, 4) is 0 Å². The number of rotatable bonds is 18. The van der Waals surface area contributed by atoms with Crippen molar-refractivity contribution in [2.45, 2.75) is 135 Å². The Bertz CT molecular complexity index is 1610. The molecule has 3 fully saturated rings. The van der Waals surface area contributed by atoms with Gasteiger partial charge in [0.2, 0.25) is 21.8 Å². The molecule has 4 aliphatic carbocycles. The predicted molar refractivity (Wildman–Crippen MR) is 213 cm³/mol. The molecule has 302 valence electrons. The molecule has 4 N–H and O–H groups in total. The topological polar surface area (TPSA) is 165 Å². The van der Waals surface area contributed by atoms with Crippen LogP contribution in [-0.4, -0.2) is 61.7 Å². The van der Waals surface area contributed by atoms with Gasteiger partial charge in [-0.15, -0.1) is 0 Å². The average Bonchev–Trinajstić information content (AvgIpc) is 3.48. The number of benzene rings is 1. The number of nitrogens with two attached hydrogens (primary N) is 1. The summed E-state index contributed by atoms with van der Waals surface area (Å²) in [4.78, 5) is 35.0. The van der Waals surface area contributed by atoms with Gasteiger partial charge in [0.1, 0.15) is 0 Å². The number of hydrogen-bond donors (Lipinski definition) is 3. The van der Waals surface area contributed by atoms with Gasteiger partial charge in [-0.3, -0.25) is 19.7 Å². The standard InChI is InChI=1S/C42H67N5O6S/c1-29(2)8-6-9-30(3)36-16-17-37-35-15-10-31-28-33(18-22-41(31,4)38(35)19-23-42(36,37)5)46(54(52,53)34-13-11-32(12-14-34)47(50)51)27-7-25-44-40(49)21-26-45-39(48)20-24-43/h10-14,29-30,33,35-38H,6-9,15-28,43H2,1-5H3,(H,44,49)(H,45,48)/t30-,33+,35+,36-,37+,38+,41+,42-/m1/s1. The van der Waals surface area contributed by atoms with Gasteiger partial charge in [0.15, 0.2) is 0 Å². The maximum Gasteiger partial charge on any atom is 0.269 e. The molecule has 5 rings (SSSR count). The van der Waals surface area contributed by atoms with Crippen molar-refractivity contribution in [3.63, 3.8) is 0 Å². The molecule has 0 unspecified atom stereocenters. The van der Waals surface area contributed by atoms with E-state index >= 15 is 0 Å². The number of hydrogen-bond acceptors (Lipinski definition) is 7. The van der Waals surface area contributed by atoms with Gasteiger partial charge in [0.25, 0.3) is 5.69 Å². The van der Waals surface area contributed by atoms with Gasteiger partial charge < -0.3 is 16.4 Å². The van der Waals surface area contributed by atoms with Gasteiger partial charge in [-0.1, -0.05) is 65.5 Å². The van der Waals surface area contributed by atoms with E-state index in [0.717, 1.165) is 42.9 Å². The van der Waals surface area contributed by atoms with Crippen molar-refractivity contribution >= 4 is 27.5 Å². The van der Waals surface area contributed by atoms with E-state index in [-0.39, 0.29) is 72.9 Å². The minimum atomic E-state index is -3.99.